The van der Waals surface area contributed by atoms with E-state index in [1.165, 1.54) is 4.90 Å². The Hall–Kier alpha value is -3.19. The second-order valence-electron chi connectivity index (χ2n) is 8.89. The summed E-state index contributed by atoms with van der Waals surface area (Å²) >= 11 is 0. The van der Waals surface area contributed by atoms with E-state index in [1.807, 2.05) is 31.2 Å². The summed E-state index contributed by atoms with van der Waals surface area (Å²) in [5, 5.41) is 2.99. The molecule has 4 unspecified atom stereocenters. The van der Waals surface area contributed by atoms with Crippen molar-refractivity contribution in [3.8, 4) is 5.75 Å². The van der Waals surface area contributed by atoms with Gasteiger partial charge in [-0.2, -0.15) is 0 Å². The van der Waals surface area contributed by atoms with Crippen molar-refractivity contribution in [2.45, 2.75) is 31.3 Å². The van der Waals surface area contributed by atoms with Gasteiger partial charge in [-0.3, -0.25) is 19.3 Å². The molecule has 3 saturated heterocycles. The molecule has 2 aromatic rings. The summed E-state index contributed by atoms with van der Waals surface area (Å²) in [6.45, 7) is 2.65. The fourth-order valence-corrected chi connectivity index (χ4v) is 6.26. The van der Waals surface area contributed by atoms with E-state index in [0.29, 0.717) is 23.7 Å². The SMILES string of the molecule is COc1ccc2c(c1)C1(C(=O)N2)C2C(=O)N(c3ccc(C)cc3)C(=O)C2C2CCCN21. The molecule has 158 valence electrons. The third-order valence-corrected chi connectivity index (χ3v) is 7.49. The van der Waals surface area contributed by atoms with Crippen LogP contribution in [0.15, 0.2) is 42.5 Å². The number of hydrogen-bond donors (Lipinski definition) is 1. The predicted molar refractivity (Wildman–Crippen MR) is 114 cm³/mol. The van der Waals surface area contributed by atoms with Crippen LogP contribution in [-0.2, 0) is 19.9 Å². The minimum Gasteiger partial charge on any atom is -0.497 e. The molecule has 7 nitrogen and oxygen atoms in total. The summed E-state index contributed by atoms with van der Waals surface area (Å²) in [5.74, 6) is -1.36. The average Bonchev–Trinajstić information content (AvgIpc) is 3.47. The van der Waals surface area contributed by atoms with Crippen LogP contribution in [0.5, 0.6) is 5.75 Å². The zero-order valence-corrected chi connectivity index (χ0v) is 17.4. The lowest BCUT2D eigenvalue weighted by Gasteiger charge is -2.36. The van der Waals surface area contributed by atoms with Gasteiger partial charge >= 0.3 is 0 Å². The number of hydrogen-bond acceptors (Lipinski definition) is 5. The number of anilines is 2. The number of aryl methyl sites for hydroxylation is 1. The molecule has 0 bridgehead atoms. The molecule has 3 fully saturated rings. The minimum absolute atomic E-state index is 0.125. The van der Waals surface area contributed by atoms with E-state index < -0.39 is 17.4 Å². The van der Waals surface area contributed by atoms with Crippen LogP contribution in [0, 0.1) is 18.8 Å². The number of nitrogens with zero attached hydrogens (tertiary/aromatic N) is 2. The number of imide groups is 1. The Balaban J connectivity index is 1.55. The van der Waals surface area contributed by atoms with Gasteiger partial charge in [0.2, 0.25) is 17.7 Å². The van der Waals surface area contributed by atoms with Crippen LogP contribution in [-0.4, -0.2) is 42.3 Å². The van der Waals surface area contributed by atoms with Gasteiger partial charge in [0.05, 0.1) is 24.6 Å². The highest BCUT2D eigenvalue weighted by molar-refractivity contribution is 6.25. The second kappa shape index (κ2) is 6.17. The van der Waals surface area contributed by atoms with Gasteiger partial charge in [-0.1, -0.05) is 17.7 Å². The third-order valence-electron chi connectivity index (χ3n) is 7.49. The van der Waals surface area contributed by atoms with E-state index in [-0.39, 0.29) is 23.8 Å². The minimum atomic E-state index is -1.18. The first-order valence-corrected chi connectivity index (χ1v) is 10.7. The number of carbonyl (C=O) groups excluding carboxylic acids is 3. The summed E-state index contributed by atoms with van der Waals surface area (Å²) in [6, 6.07) is 12.7. The van der Waals surface area contributed by atoms with Crippen LogP contribution in [0.25, 0.3) is 0 Å². The molecule has 2 aromatic carbocycles. The lowest BCUT2D eigenvalue weighted by Crippen LogP contribution is -2.54. The van der Waals surface area contributed by atoms with E-state index in [4.69, 9.17) is 4.74 Å². The number of ether oxygens (including phenoxy) is 1. The Kier molecular flexibility index (Phi) is 3.69. The van der Waals surface area contributed by atoms with Crippen LogP contribution >= 0.6 is 0 Å². The van der Waals surface area contributed by atoms with Gasteiger partial charge in [0.15, 0.2) is 0 Å². The number of nitrogens with one attached hydrogen (secondary N) is 1. The summed E-state index contributed by atoms with van der Waals surface area (Å²) in [4.78, 5) is 44.5. The summed E-state index contributed by atoms with van der Waals surface area (Å²) in [5.41, 5.74) is 1.87. The zero-order valence-electron chi connectivity index (χ0n) is 17.4. The molecule has 0 aliphatic carbocycles. The molecule has 4 atom stereocenters. The van der Waals surface area contributed by atoms with E-state index in [2.05, 4.69) is 10.2 Å². The Morgan fingerprint density at radius 1 is 1.06 bits per heavy atom. The van der Waals surface area contributed by atoms with Crippen molar-refractivity contribution >= 4 is 29.1 Å². The number of methoxy groups -OCH3 is 1. The highest BCUT2D eigenvalue weighted by Crippen LogP contribution is 2.61. The van der Waals surface area contributed by atoms with Crippen LogP contribution in [0.3, 0.4) is 0 Å². The van der Waals surface area contributed by atoms with Crippen molar-refractivity contribution in [3.05, 3.63) is 53.6 Å². The molecule has 0 aromatic heterocycles. The number of rotatable bonds is 2. The zero-order chi connectivity index (χ0) is 21.5. The highest BCUT2D eigenvalue weighted by atomic mass is 16.5. The van der Waals surface area contributed by atoms with Gasteiger partial charge in [-0.25, -0.2) is 4.90 Å². The maximum Gasteiger partial charge on any atom is 0.250 e. The second-order valence-corrected chi connectivity index (χ2v) is 8.89. The fraction of sp³-hybridized carbons (Fsp3) is 0.375. The molecule has 6 rings (SSSR count). The van der Waals surface area contributed by atoms with Gasteiger partial charge < -0.3 is 10.1 Å². The van der Waals surface area contributed by atoms with Crippen LogP contribution in [0.2, 0.25) is 0 Å². The molecule has 31 heavy (non-hydrogen) atoms. The quantitative estimate of drug-likeness (QED) is 0.760. The average molecular weight is 417 g/mol. The van der Waals surface area contributed by atoms with E-state index >= 15 is 0 Å². The Morgan fingerprint density at radius 2 is 1.84 bits per heavy atom. The standard InChI is InChI=1S/C24H23N3O4/c1-13-5-7-14(8-6-13)27-21(28)19-18-4-3-11-26(18)24(20(19)22(27)29)16-12-15(31-2)9-10-17(16)25-23(24)30/h5-10,12,18-20H,3-4,11H2,1-2H3,(H,25,30). The van der Waals surface area contributed by atoms with Crippen molar-refractivity contribution in [1.82, 2.24) is 4.90 Å². The Bertz CT molecular complexity index is 1140. The van der Waals surface area contributed by atoms with Crippen LogP contribution in [0.1, 0.15) is 24.0 Å². The van der Waals surface area contributed by atoms with Gasteiger partial charge in [-0.05, 0) is 56.6 Å². The monoisotopic (exact) mass is 417 g/mol. The molecule has 4 heterocycles. The third kappa shape index (κ3) is 2.14. The highest BCUT2D eigenvalue weighted by Gasteiger charge is 2.74. The van der Waals surface area contributed by atoms with Gasteiger partial charge in [0, 0.05) is 17.3 Å². The van der Waals surface area contributed by atoms with Crippen molar-refractivity contribution < 1.29 is 19.1 Å². The number of fused-ring (bicyclic) bond motifs is 7. The topological polar surface area (TPSA) is 79.0 Å². The van der Waals surface area contributed by atoms with E-state index in [0.717, 1.165) is 24.0 Å². The molecule has 3 amide bonds. The van der Waals surface area contributed by atoms with Crippen molar-refractivity contribution in [3.63, 3.8) is 0 Å². The Morgan fingerprint density at radius 3 is 2.58 bits per heavy atom. The van der Waals surface area contributed by atoms with Crippen molar-refractivity contribution in [1.29, 1.82) is 0 Å². The number of benzene rings is 2. The van der Waals surface area contributed by atoms with Crippen LogP contribution in [0.4, 0.5) is 11.4 Å². The first-order chi connectivity index (χ1) is 15.0. The first kappa shape index (κ1) is 18.6. The molecule has 4 aliphatic heterocycles. The molecule has 1 N–H and O–H groups in total. The normalized spacial score (nSPS) is 31.2. The summed E-state index contributed by atoms with van der Waals surface area (Å²) < 4.78 is 5.43. The summed E-state index contributed by atoms with van der Waals surface area (Å²) in [7, 11) is 1.58. The van der Waals surface area contributed by atoms with Gasteiger partial charge in [0.25, 0.3) is 0 Å². The van der Waals surface area contributed by atoms with Gasteiger partial charge in [-0.15, -0.1) is 0 Å². The lowest BCUT2D eigenvalue weighted by molar-refractivity contribution is -0.135. The maximum atomic E-state index is 13.9. The molecular formula is C24H23N3O4. The molecular weight excluding hydrogens is 394 g/mol. The molecule has 0 saturated carbocycles. The predicted octanol–water partition coefficient (Wildman–Crippen LogP) is 2.43. The largest absolute Gasteiger partial charge is 0.497 e. The van der Waals surface area contributed by atoms with Crippen molar-refractivity contribution in [2.75, 3.05) is 23.9 Å². The molecule has 7 heteroatoms. The lowest BCUT2D eigenvalue weighted by atomic mass is 9.75. The maximum absolute atomic E-state index is 13.9. The van der Waals surface area contributed by atoms with Crippen LogP contribution < -0.4 is 15.0 Å². The smallest absolute Gasteiger partial charge is 0.250 e. The molecule has 1 spiro atoms. The number of amides is 3. The molecule has 4 aliphatic rings. The molecule has 0 radical (unpaired) electrons. The van der Waals surface area contributed by atoms with E-state index in [9.17, 15) is 14.4 Å². The van der Waals surface area contributed by atoms with Gasteiger partial charge in [0.1, 0.15) is 11.3 Å². The van der Waals surface area contributed by atoms with Crippen molar-refractivity contribution in [2.24, 2.45) is 11.8 Å². The van der Waals surface area contributed by atoms with E-state index in [1.54, 1.807) is 25.3 Å². The first-order valence-electron chi connectivity index (χ1n) is 10.7. The Labute approximate surface area is 180 Å². The summed E-state index contributed by atoms with van der Waals surface area (Å²) in [6.07, 6.45) is 1.70. The number of carbonyl (C=O) groups is 3. The fourth-order valence-electron chi connectivity index (χ4n) is 6.26.